The van der Waals surface area contributed by atoms with Gasteiger partial charge in [0.25, 0.3) is 0 Å². The summed E-state index contributed by atoms with van der Waals surface area (Å²) < 4.78 is 0. The molecule has 0 saturated carbocycles. The second-order valence-electron chi connectivity index (χ2n) is 5.18. The molecule has 2 rings (SSSR count). The molecule has 114 valence electrons. The van der Waals surface area contributed by atoms with Crippen molar-refractivity contribution in [3.8, 4) is 6.57 Å². The number of thiophene rings is 1. The Morgan fingerprint density at radius 3 is 2.52 bits per heavy atom. The van der Waals surface area contributed by atoms with Crippen LogP contribution >= 0.6 is 11.3 Å². The molecule has 0 spiro atoms. The van der Waals surface area contributed by atoms with Gasteiger partial charge in [-0.15, -0.1) is 11.3 Å². The minimum atomic E-state index is 0.0835. The maximum atomic E-state index is 12.1. The largest absolute Gasteiger partial charge is 0.317 e. The predicted molar refractivity (Wildman–Crippen MR) is 85.5 cm³/mol. The molecule has 0 atom stereocenters. The third-order valence-electron chi connectivity index (χ3n) is 3.96. The molecule has 0 unspecified atom stereocenters. The Kier molecular flexibility index (Phi) is 6.57. The number of carbonyl (C=O) groups excluding carboxylic acids is 2. The quantitative estimate of drug-likeness (QED) is 0.923. The van der Waals surface area contributed by atoms with Gasteiger partial charge in [-0.2, -0.15) is 0 Å². The van der Waals surface area contributed by atoms with Crippen LogP contribution in [0.1, 0.15) is 49.1 Å². The molecule has 5 heteroatoms. The summed E-state index contributed by atoms with van der Waals surface area (Å²) in [6.45, 7) is 9.63. The average molecular weight is 306 g/mol. The number of Topliss-reactive ketones (excluding diaryl/α,β-unsaturated/α-hetero) is 1. The predicted octanol–water partition coefficient (Wildman–Crippen LogP) is 3.63. The molecular weight excluding hydrogens is 284 g/mol. The Morgan fingerprint density at radius 2 is 1.95 bits per heavy atom. The number of hydrogen-bond acceptors (Lipinski definition) is 4. The number of nitrogens with one attached hydrogen (secondary N) is 1. The summed E-state index contributed by atoms with van der Waals surface area (Å²) in [6.07, 6.45) is 3.75. The number of carbonyl (C=O) groups is 2. The second-order valence-corrected chi connectivity index (χ2v) is 6.28. The third kappa shape index (κ3) is 3.92. The summed E-state index contributed by atoms with van der Waals surface area (Å²) >= 11 is 1.58. The summed E-state index contributed by atoms with van der Waals surface area (Å²) in [5.74, 6) is 0.504. The Bertz CT molecular complexity index is 542. The van der Waals surface area contributed by atoms with Crippen LogP contribution in [0, 0.1) is 24.7 Å². The molecule has 0 radical (unpaired) electrons. The summed E-state index contributed by atoms with van der Waals surface area (Å²) in [4.78, 5) is 24.8. The van der Waals surface area contributed by atoms with Crippen LogP contribution in [0.2, 0.25) is 0 Å². The fraction of sp³-hybridized carbons (Fsp3) is 0.562. The SMILES string of the molecule is C#N.CCC(CC)C(=O)Nc1sc2c(c1C)CCC(=O)C2. The van der Waals surface area contributed by atoms with Crippen molar-refractivity contribution in [3.63, 3.8) is 0 Å². The zero-order valence-corrected chi connectivity index (χ0v) is 13.7. The fourth-order valence-corrected chi connectivity index (χ4v) is 3.89. The number of amides is 1. The Hall–Kier alpha value is -1.67. The summed E-state index contributed by atoms with van der Waals surface area (Å²) in [5.41, 5.74) is 2.44. The molecule has 1 aliphatic carbocycles. The standard InChI is InChI=1S/C15H21NO2S.CHN/c1-4-10(5-2)14(18)16-15-9(3)12-7-6-11(17)8-13(12)19-15;1-2/h10H,4-8H2,1-3H3,(H,16,18);1H. The van der Waals surface area contributed by atoms with Crippen LogP contribution in [0.25, 0.3) is 0 Å². The van der Waals surface area contributed by atoms with Gasteiger partial charge in [0.2, 0.25) is 5.91 Å². The molecule has 1 aromatic heterocycles. The molecule has 0 aromatic carbocycles. The number of ketones is 1. The molecule has 0 aliphatic heterocycles. The molecule has 4 nitrogen and oxygen atoms in total. The minimum absolute atomic E-state index is 0.0835. The van der Waals surface area contributed by atoms with Crippen molar-refractivity contribution < 1.29 is 9.59 Å². The van der Waals surface area contributed by atoms with E-state index in [1.54, 1.807) is 11.3 Å². The van der Waals surface area contributed by atoms with Crippen molar-refractivity contribution in [1.82, 2.24) is 0 Å². The first-order chi connectivity index (χ1) is 10.1. The maximum absolute atomic E-state index is 12.1. The van der Waals surface area contributed by atoms with Gasteiger partial charge in [0, 0.05) is 30.2 Å². The fourth-order valence-electron chi connectivity index (χ4n) is 2.60. The number of hydrogen-bond donors (Lipinski definition) is 1. The zero-order valence-electron chi connectivity index (χ0n) is 12.9. The van der Waals surface area contributed by atoms with Crippen molar-refractivity contribution in [2.75, 3.05) is 5.32 Å². The first kappa shape index (κ1) is 17.4. The summed E-state index contributed by atoms with van der Waals surface area (Å²) in [5, 5.41) is 10.5. The van der Waals surface area contributed by atoms with E-state index in [2.05, 4.69) is 11.9 Å². The van der Waals surface area contributed by atoms with E-state index in [1.165, 1.54) is 5.56 Å². The normalized spacial score (nSPS) is 13.3. The van der Waals surface area contributed by atoms with Crippen LogP contribution in [0.3, 0.4) is 0 Å². The highest BCUT2D eigenvalue weighted by Gasteiger charge is 2.24. The molecule has 1 amide bonds. The second kappa shape index (κ2) is 7.94. The van der Waals surface area contributed by atoms with Crippen molar-refractivity contribution in [1.29, 1.82) is 5.26 Å². The van der Waals surface area contributed by atoms with Gasteiger partial charge < -0.3 is 5.32 Å². The van der Waals surface area contributed by atoms with Gasteiger partial charge in [-0.1, -0.05) is 13.8 Å². The first-order valence-electron chi connectivity index (χ1n) is 7.26. The maximum Gasteiger partial charge on any atom is 0.228 e. The third-order valence-corrected chi connectivity index (χ3v) is 5.21. The van der Waals surface area contributed by atoms with Crippen molar-refractivity contribution in [2.24, 2.45) is 5.92 Å². The van der Waals surface area contributed by atoms with Crippen LogP contribution in [-0.2, 0) is 22.4 Å². The highest BCUT2D eigenvalue weighted by molar-refractivity contribution is 7.16. The van der Waals surface area contributed by atoms with E-state index in [4.69, 9.17) is 5.26 Å². The number of fused-ring (bicyclic) bond motifs is 1. The summed E-state index contributed by atoms with van der Waals surface area (Å²) in [6, 6.07) is 0. The molecule has 1 aliphatic rings. The van der Waals surface area contributed by atoms with Gasteiger partial charge >= 0.3 is 0 Å². The van der Waals surface area contributed by atoms with Gasteiger partial charge in [0.05, 0.1) is 5.00 Å². The van der Waals surface area contributed by atoms with Gasteiger partial charge in [0.1, 0.15) is 5.78 Å². The molecule has 1 N–H and O–H groups in total. The van der Waals surface area contributed by atoms with Crippen molar-refractivity contribution in [2.45, 2.75) is 52.9 Å². The van der Waals surface area contributed by atoms with Crippen LogP contribution < -0.4 is 5.32 Å². The summed E-state index contributed by atoms with van der Waals surface area (Å²) in [7, 11) is 0. The van der Waals surface area contributed by atoms with Gasteiger partial charge in [-0.05, 0) is 37.3 Å². The lowest BCUT2D eigenvalue weighted by Crippen LogP contribution is -2.21. The monoisotopic (exact) mass is 306 g/mol. The van der Waals surface area contributed by atoms with Crippen LogP contribution in [-0.4, -0.2) is 11.7 Å². The van der Waals surface area contributed by atoms with E-state index >= 15 is 0 Å². The molecule has 1 aromatic rings. The molecule has 0 bridgehead atoms. The Balaban J connectivity index is 0.00000106. The molecule has 0 saturated heterocycles. The smallest absolute Gasteiger partial charge is 0.228 e. The average Bonchev–Trinajstić information content (AvgIpc) is 2.78. The van der Waals surface area contributed by atoms with Gasteiger partial charge in [-0.25, -0.2) is 5.26 Å². The number of anilines is 1. The Labute approximate surface area is 130 Å². The molecule has 21 heavy (non-hydrogen) atoms. The lowest BCUT2D eigenvalue weighted by molar-refractivity contribution is -0.120. The van der Waals surface area contributed by atoms with Crippen LogP contribution in [0.4, 0.5) is 5.00 Å². The molecular formula is C16H22N2O2S. The lowest BCUT2D eigenvalue weighted by Gasteiger charge is -2.12. The van der Waals surface area contributed by atoms with E-state index in [1.807, 2.05) is 20.8 Å². The van der Waals surface area contributed by atoms with Gasteiger partial charge in [0.15, 0.2) is 0 Å². The molecule has 1 heterocycles. The first-order valence-corrected chi connectivity index (χ1v) is 8.07. The van der Waals surface area contributed by atoms with Gasteiger partial charge in [-0.3, -0.25) is 9.59 Å². The van der Waals surface area contributed by atoms with Crippen molar-refractivity contribution in [3.05, 3.63) is 16.0 Å². The number of nitriles is 1. The zero-order chi connectivity index (χ0) is 16.0. The number of nitrogens with zero attached hydrogens (tertiary/aromatic N) is 1. The number of rotatable bonds is 4. The minimum Gasteiger partial charge on any atom is -0.317 e. The Morgan fingerprint density at radius 1 is 1.33 bits per heavy atom. The molecule has 0 fully saturated rings. The van der Waals surface area contributed by atoms with Crippen LogP contribution in [0.5, 0.6) is 0 Å². The highest BCUT2D eigenvalue weighted by Crippen LogP contribution is 2.37. The van der Waals surface area contributed by atoms with E-state index < -0.39 is 0 Å². The van der Waals surface area contributed by atoms with E-state index in [9.17, 15) is 9.59 Å². The van der Waals surface area contributed by atoms with E-state index in [0.29, 0.717) is 18.6 Å². The van der Waals surface area contributed by atoms with E-state index in [0.717, 1.165) is 34.7 Å². The topological polar surface area (TPSA) is 70.0 Å². The highest BCUT2D eigenvalue weighted by atomic mass is 32.1. The van der Waals surface area contributed by atoms with Crippen molar-refractivity contribution >= 4 is 28.0 Å². The van der Waals surface area contributed by atoms with Crippen LogP contribution in [0.15, 0.2) is 0 Å². The lowest BCUT2D eigenvalue weighted by atomic mass is 9.95. The van der Waals surface area contributed by atoms with E-state index in [-0.39, 0.29) is 11.8 Å².